The van der Waals surface area contributed by atoms with Crippen molar-refractivity contribution in [3.05, 3.63) is 35.9 Å². The first-order valence-electron chi connectivity index (χ1n) is 10.8. The maximum atomic E-state index is 12.1. The van der Waals surface area contributed by atoms with E-state index in [2.05, 4.69) is 34.5 Å². The third-order valence-corrected chi connectivity index (χ3v) is 6.00. The van der Waals surface area contributed by atoms with E-state index >= 15 is 0 Å². The molecule has 154 valence electrons. The van der Waals surface area contributed by atoms with E-state index in [9.17, 15) is 9.59 Å². The highest BCUT2D eigenvalue weighted by Gasteiger charge is 2.25. The monoisotopic (exact) mass is 386 g/mol. The molecule has 2 aliphatic rings. The number of carbonyl (C=O) groups excluding carboxylic acids is 2. The molecule has 1 N–H and O–H groups in total. The van der Waals surface area contributed by atoms with Gasteiger partial charge in [-0.2, -0.15) is 0 Å². The van der Waals surface area contributed by atoms with Crippen LogP contribution in [0.1, 0.15) is 57.4 Å². The lowest BCUT2D eigenvalue weighted by Gasteiger charge is -2.17. The summed E-state index contributed by atoms with van der Waals surface area (Å²) in [6.45, 7) is 5.53. The van der Waals surface area contributed by atoms with Crippen LogP contribution in [-0.2, 0) is 20.9 Å². The standard InChI is InChI=1S/C23H34N2O3/c1-18(24-23(27)21-9-5-6-10-21)15-22(26)28-14-12-20-11-13-25(17-20)16-19-7-3-2-4-8-19/h2-4,7-8,18,20-21H,5-6,9-17H2,1H3,(H,24,27). The summed E-state index contributed by atoms with van der Waals surface area (Å²) < 4.78 is 5.43. The molecule has 2 atom stereocenters. The predicted molar refractivity (Wildman–Crippen MR) is 110 cm³/mol. The molecule has 1 aliphatic heterocycles. The van der Waals surface area contributed by atoms with Gasteiger partial charge in [0.05, 0.1) is 13.0 Å². The fourth-order valence-electron chi connectivity index (χ4n) is 4.38. The number of nitrogens with one attached hydrogen (secondary N) is 1. The van der Waals surface area contributed by atoms with Gasteiger partial charge in [-0.15, -0.1) is 0 Å². The second-order valence-corrected chi connectivity index (χ2v) is 8.48. The summed E-state index contributed by atoms with van der Waals surface area (Å²) in [5, 5.41) is 2.97. The molecule has 0 aromatic heterocycles. The van der Waals surface area contributed by atoms with E-state index in [1.54, 1.807) is 0 Å². The number of hydrogen-bond donors (Lipinski definition) is 1. The molecule has 0 radical (unpaired) electrons. The Labute approximate surface area is 168 Å². The van der Waals surface area contributed by atoms with Crippen molar-refractivity contribution in [2.75, 3.05) is 19.7 Å². The number of likely N-dealkylation sites (tertiary alicyclic amines) is 1. The van der Waals surface area contributed by atoms with E-state index in [1.165, 1.54) is 5.56 Å². The van der Waals surface area contributed by atoms with Crippen molar-refractivity contribution in [2.24, 2.45) is 11.8 Å². The molecule has 1 heterocycles. The van der Waals surface area contributed by atoms with E-state index in [0.29, 0.717) is 12.5 Å². The molecule has 1 saturated heterocycles. The molecule has 0 bridgehead atoms. The smallest absolute Gasteiger partial charge is 0.307 e. The molecule has 2 unspecified atom stereocenters. The van der Waals surface area contributed by atoms with Gasteiger partial charge < -0.3 is 10.1 Å². The zero-order valence-electron chi connectivity index (χ0n) is 17.1. The van der Waals surface area contributed by atoms with Gasteiger partial charge in [0.2, 0.25) is 5.91 Å². The van der Waals surface area contributed by atoms with Crippen molar-refractivity contribution in [2.45, 2.75) is 64.5 Å². The van der Waals surface area contributed by atoms with E-state index in [4.69, 9.17) is 4.74 Å². The van der Waals surface area contributed by atoms with Crippen molar-refractivity contribution in [1.82, 2.24) is 10.2 Å². The number of esters is 1. The third kappa shape index (κ3) is 6.62. The summed E-state index contributed by atoms with van der Waals surface area (Å²) in [6, 6.07) is 10.4. The summed E-state index contributed by atoms with van der Waals surface area (Å²) in [5.74, 6) is 0.622. The van der Waals surface area contributed by atoms with Crippen LogP contribution >= 0.6 is 0 Å². The highest BCUT2D eigenvalue weighted by Crippen LogP contribution is 2.25. The molecule has 0 spiro atoms. The Bertz CT molecular complexity index is 628. The first-order valence-corrected chi connectivity index (χ1v) is 10.8. The first kappa shape index (κ1) is 20.8. The molecule has 1 aliphatic carbocycles. The Morgan fingerprint density at radius 1 is 1.18 bits per heavy atom. The summed E-state index contributed by atoms with van der Waals surface area (Å²) >= 11 is 0. The Morgan fingerprint density at radius 2 is 1.93 bits per heavy atom. The average Bonchev–Trinajstić information content (AvgIpc) is 3.35. The number of hydrogen-bond acceptors (Lipinski definition) is 4. The van der Waals surface area contributed by atoms with Crippen LogP contribution in [0, 0.1) is 11.8 Å². The van der Waals surface area contributed by atoms with Gasteiger partial charge in [-0.05, 0) is 50.6 Å². The zero-order valence-corrected chi connectivity index (χ0v) is 17.1. The van der Waals surface area contributed by atoms with Gasteiger partial charge >= 0.3 is 5.97 Å². The van der Waals surface area contributed by atoms with Crippen LogP contribution in [0.15, 0.2) is 30.3 Å². The van der Waals surface area contributed by atoms with Gasteiger partial charge in [0.15, 0.2) is 0 Å². The van der Waals surface area contributed by atoms with Crippen molar-refractivity contribution >= 4 is 11.9 Å². The zero-order chi connectivity index (χ0) is 19.8. The number of amides is 1. The van der Waals surface area contributed by atoms with Crippen LogP contribution in [0.4, 0.5) is 0 Å². The normalized spacial score (nSPS) is 21.5. The van der Waals surface area contributed by atoms with E-state index in [0.717, 1.165) is 58.2 Å². The van der Waals surface area contributed by atoms with Crippen molar-refractivity contribution < 1.29 is 14.3 Å². The van der Waals surface area contributed by atoms with Gasteiger partial charge in [0, 0.05) is 25.0 Å². The van der Waals surface area contributed by atoms with Gasteiger partial charge in [-0.3, -0.25) is 14.5 Å². The predicted octanol–water partition coefficient (Wildman–Crippen LogP) is 3.53. The number of rotatable bonds is 9. The molecular weight excluding hydrogens is 352 g/mol. The number of carbonyl (C=O) groups is 2. The minimum absolute atomic E-state index is 0.0993. The van der Waals surface area contributed by atoms with Crippen molar-refractivity contribution in [1.29, 1.82) is 0 Å². The molecule has 3 rings (SSSR count). The molecule has 1 amide bonds. The lowest BCUT2D eigenvalue weighted by atomic mass is 10.1. The van der Waals surface area contributed by atoms with Crippen LogP contribution in [0.2, 0.25) is 0 Å². The maximum Gasteiger partial charge on any atom is 0.307 e. The second kappa shape index (κ2) is 10.6. The largest absolute Gasteiger partial charge is 0.466 e. The van der Waals surface area contributed by atoms with Crippen LogP contribution < -0.4 is 5.32 Å². The molecular formula is C23H34N2O3. The number of ether oxygens (including phenoxy) is 1. The summed E-state index contributed by atoms with van der Waals surface area (Å²) in [7, 11) is 0. The molecule has 5 heteroatoms. The fraction of sp³-hybridized carbons (Fsp3) is 0.652. The number of benzene rings is 1. The van der Waals surface area contributed by atoms with Crippen molar-refractivity contribution in [3.8, 4) is 0 Å². The molecule has 1 aromatic rings. The number of nitrogens with zero attached hydrogens (tertiary/aromatic N) is 1. The van der Waals surface area contributed by atoms with E-state index < -0.39 is 0 Å². The Hall–Kier alpha value is -1.88. The SMILES string of the molecule is CC(CC(=O)OCCC1CCN(Cc2ccccc2)C1)NC(=O)C1CCCC1. The minimum Gasteiger partial charge on any atom is -0.466 e. The molecule has 5 nitrogen and oxygen atoms in total. The Morgan fingerprint density at radius 3 is 2.68 bits per heavy atom. The highest BCUT2D eigenvalue weighted by molar-refractivity contribution is 5.80. The van der Waals surface area contributed by atoms with Crippen LogP contribution in [-0.4, -0.2) is 42.5 Å². The Balaban J connectivity index is 1.27. The fourth-order valence-corrected chi connectivity index (χ4v) is 4.38. The van der Waals surface area contributed by atoms with Crippen LogP contribution in [0.25, 0.3) is 0 Å². The maximum absolute atomic E-state index is 12.1. The topological polar surface area (TPSA) is 58.6 Å². The summed E-state index contributed by atoms with van der Waals surface area (Å²) in [4.78, 5) is 26.6. The average molecular weight is 387 g/mol. The quantitative estimate of drug-likeness (QED) is 0.660. The van der Waals surface area contributed by atoms with Gasteiger partial charge in [-0.1, -0.05) is 43.2 Å². The van der Waals surface area contributed by atoms with Crippen LogP contribution in [0.5, 0.6) is 0 Å². The molecule has 1 saturated carbocycles. The molecule has 2 fully saturated rings. The first-order chi connectivity index (χ1) is 13.6. The van der Waals surface area contributed by atoms with Crippen molar-refractivity contribution in [3.63, 3.8) is 0 Å². The second-order valence-electron chi connectivity index (χ2n) is 8.48. The lowest BCUT2D eigenvalue weighted by molar-refractivity contribution is -0.144. The Kier molecular flexibility index (Phi) is 7.90. The summed E-state index contributed by atoms with van der Waals surface area (Å²) in [6.07, 6.45) is 6.57. The highest BCUT2D eigenvalue weighted by atomic mass is 16.5. The lowest BCUT2D eigenvalue weighted by Crippen LogP contribution is -2.38. The van der Waals surface area contributed by atoms with Gasteiger partial charge in [-0.25, -0.2) is 0 Å². The van der Waals surface area contributed by atoms with Gasteiger partial charge in [0.1, 0.15) is 0 Å². The van der Waals surface area contributed by atoms with Crippen LogP contribution in [0.3, 0.4) is 0 Å². The van der Waals surface area contributed by atoms with E-state index in [-0.39, 0.29) is 30.3 Å². The third-order valence-electron chi connectivity index (χ3n) is 6.00. The minimum atomic E-state index is -0.210. The molecule has 1 aromatic carbocycles. The summed E-state index contributed by atoms with van der Waals surface area (Å²) in [5.41, 5.74) is 1.35. The van der Waals surface area contributed by atoms with E-state index in [1.807, 2.05) is 13.0 Å². The molecule has 28 heavy (non-hydrogen) atoms. The van der Waals surface area contributed by atoms with Gasteiger partial charge in [0.25, 0.3) is 0 Å².